The summed E-state index contributed by atoms with van der Waals surface area (Å²) in [7, 11) is 0. The molecule has 0 atom stereocenters. The molecule has 9 heavy (non-hydrogen) atoms. The summed E-state index contributed by atoms with van der Waals surface area (Å²) >= 11 is 5.00. The average molecular weight is 207 g/mol. The van der Waals surface area contributed by atoms with Gasteiger partial charge in [0, 0.05) is 0 Å². The average Bonchev–Trinajstić information content (AvgIpc) is 2.18. The van der Waals surface area contributed by atoms with Crippen molar-refractivity contribution in [2.24, 2.45) is 0 Å². The quantitative estimate of drug-likeness (QED) is 0.724. The monoisotopic (exact) mass is 206 g/mol. The maximum Gasteiger partial charge on any atom is 0.144 e. The highest BCUT2D eigenvalue weighted by Crippen LogP contribution is 2.30. The van der Waals surface area contributed by atoms with Crippen LogP contribution in [0.5, 0.6) is 5.75 Å². The van der Waals surface area contributed by atoms with Crippen LogP contribution in [0, 0.1) is 0 Å². The molecular formula is C6H7BrOS. The summed E-state index contributed by atoms with van der Waals surface area (Å²) in [5, 5.41) is 2.00. The fraction of sp³-hybridized carbons (Fsp3) is 0.333. The van der Waals surface area contributed by atoms with Gasteiger partial charge in [0.2, 0.25) is 0 Å². The zero-order valence-corrected chi connectivity index (χ0v) is 7.46. The van der Waals surface area contributed by atoms with Crippen LogP contribution in [-0.4, -0.2) is 6.61 Å². The fourth-order valence-electron chi connectivity index (χ4n) is 0.540. The van der Waals surface area contributed by atoms with Crippen molar-refractivity contribution in [1.29, 1.82) is 0 Å². The number of rotatable bonds is 2. The Kier molecular flexibility index (Phi) is 2.54. The molecule has 50 valence electrons. The molecule has 0 aliphatic heterocycles. The summed E-state index contributed by atoms with van der Waals surface area (Å²) in [5.41, 5.74) is 0. The van der Waals surface area contributed by atoms with Crippen LogP contribution in [0.25, 0.3) is 0 Å². The van der Waals surface area contributed by atoms with Gasteiger partial charge in [0.05, 0.1) is 6.61 Å². The molecule has 0 saturated heterocycles. The minimum atomic E-state index is 0.731. The van der Waals surface area contributed by atoms with Crippen LogP contribution < -0.4 is 4.74 Å². The van der Waals surface area contributed by atoms with Gasteiger partial charge in [0.15, 0.2) is 0 Å². The molecule has 0 spiro atoms. The standard InChI is InChI=1S/C6H7BrOS/c1-2-8-5-3-4-9-6(5)7/h3-4H,2H2,1H3. The molecule has 0 bridgehead atoms. The Morgan fingerprint density at radius 3 is 3.00 bits per heavy atom. The molecule has 0 fully saturated rings. The van der Waals surface area contributed by atoms with Crippen LogP contribution in [0.1, 0.15) is 6.92 Å². The van der Waals surface area contributed by atoms with Crippen LogP contribution in [0.4, 0.5) is 0 Å². The first-order valence-corrected chi connectivity index (χ1v) is 4.37. The van der Waals surface area contributed by atoms with Gasteiger partial charge in [-0.1, -0.05) is 0 Å². The van der Waals surface area contributed by atoms with E-state index in [4.69, 9.17) is 4.74 Å². The van der Waals surface area contributed by atoms with Gasteiger partial charge in [-0.15, -0.1) is 11.3 Å². The first-order valence-electron chi connectivity index (χ1n) is 2.70. The number of thiophene rings is 1. The van der Waals surface area contributed by atoms with Gasteiger partial charge in [-0.05, 0) is 34.3 Å². The minimum absolute atomic E-state index is 0.731. The predicted molar refractivity (Wildman–Crippen MR) is 43.2 cm³/mol. The van der Waals surface area contributed by atoms with Crippen LogP contribution in [0.15, 0.2) is 15.2 Å². The topological polar surface area (TPSA) is 9.23 Å². The van der Waals surface area contributed by atoms with Crippen LogP contribution >= 0.6 is 27.3 Å². The predicted octanol–water partition coefficient (Wildman–Crippen LogP) is 2.91. The second kappa shape index (κ2) is 3.22. The highest BCUT2D eigenvalue weighted by molar-refractivity contribution is 9.11. The largest absolute Gasteiger partial charge is 0.492 e. The van der Waals surface area contributed by atoms with Crippen molar-refractivity contribution in [3.05, 3.63) is 15.2 Å². The van der Waals surface area contributed by atoms with Crippen molar-refractivity contribution < 1.29 is 4.74 Å². The fourth-order valence-corrected chi connectivity index (χ4v) is 1.66. The van der Waals surface area contributed by atoms with Crippen molar-refractivity contribution in [2.45, 2.75) is 6.92 Å². The van der Waals surface area contributed by atoms with Gasteiger partial charge in [0.1, 0.15) is 9.54 Å². The maximum absolute atomic E-state index is 5.24. The lowest BCUT2D eigenvalue weighted by Gasteiger charge is -1.97. The van der Waals surface area contributed by atoms with Gasteiger partial charge < -0.3 is 4.74 Å². The zero-order chi connectivity index (χ0) is 6.69. The summed E-state index contributed by atoms with van der Waals surface area (Å²) in [6.07, 6.45) is 0. The molecular weight excluding hydrogens is 200 g/mol. The van der Waals surface area contributed by atoms with Crippen molar-refractivity contribution >= 4 is 27.3 Å². The van der Waals surface area contributed by atoms with Crippen molar-refractivity contribution in [2.75, 3.05) is 6.61 Å². The maximum atomic E-state index is 5.24. The molecule has 3 heteroatoms. The van der Waals surface area contributed by atoms with Crippen molar-refractivity contribution in [1.82, 2.24) is 0 Å². The van der Waals surface area contributed by atoms with E-state index in [1.807, 2.05) is 18.4 Å². The molecule has 0 aliphatic carbocycles. The van der Waals surface area contributed by atoms with Crippen LogP contribution in [0.3, 0.4) is 0 Å². The van der Waals surface area contributed by atoms with Gasteiger partial charge in [-0.25, -0.2) is 0 Å². The molecule has 0 radical (unpaired) electrons. The molecule has 1 aromatic rings. The highest BCUT2D eigenvalue weighted by atomic mass is 79.9. The van der Waals surface area contributed by atoms with Gasteiger partial charge in [-0.3, -0.25) is 0 Å². The van der Waals surface area contributed by atoms with E-state index in [0.717, 1.165) is 16.1 Å². The Morgan fingerprint density at radius 1 is 1.78 bits per heavy atom. The summed E-state index contributed by atoms with van der Waals surface area (Å²) in [6.45, 7) is 2.71. The molecule has 1 aromatic heterocycles. The molecule has 1 heterocycles. The van der Waals surface area contributed by atoms with E-state index < -0.39 is 0 Å². The number of halogens is 1. The molecule has 0 N–H and O–H groups in total. The van der Waals surface area contributed by atoms with E-state index in [9.17, 15) is 0 Å². The Labute approximate surface area is 66.8 Å². The van der Waals surface area contributed by atoms with Gasteiger partial charge in [0.25, 0.3) is 0 Å². The summed E-state index contributed by atoms with van der Waals surface area (Å²) in [4.78, 5) is 0. The first-order chi connectivity index (χ1) is 4.34. The van der Waals surface area contributed by atoms with Gasteiger partial charge in [-0.2, -0.15) is 0 Å². The third-order valence-electron chi connectivity index (χ3n) is 0.884. The third kappa shape index (κ3) is 1.69. The van der Waals surface area contributed by atoms with Crippen molar-refractivity contribution in [3.63, 3.8) is 0 Å². The molecule has 0 saturated carbocycles. The Balaban J connectivity index is 2.69. The summed E-state index contributed by atoms with van der Waals surface area (Å²) in [6, 6.07) is 1.96. The zero-order valence-electron chi connectivity index (χ0n) is 5.06. The molecule has 0 unspecified atom stereocenters. The van der Waals surface area contributed by atoms with E-state index in [1.165, 1.54) is 0 Å². The SMILES string of the molecule is CCOc1ccsc1Br. The Hall–Kier alpha value is -0.0200. The lowest BCUT2D eigenvalue weighted by Crippen LogP contribution is -1.88. The molecule has 0 aromatic carbocycles. The number of ether oxygens (including phenoxy) is 1. The summed E-state index contributed by atoms with van der Waals surface area (Å²) in [5.74, 6) is 0.947. The summed E-state index contributed by atoms with van der Waals surface area (Å²) < 4.78 is 6.31. The molecule has 0 aliphatic rings. The highest BCUT2D eigenvalue weighted by Gasteiger charge is 1.98. The van der Waals surface area contributed by atoms with E-state index in [0.29, 0.717) is 0 Å². The molecule has 0 amide bonds. The number of hydrogen-bond acceptors (Lipinski definition) is 2. The second-order valence-corrected chi connectivity index (χ2v) is 3.73. The van der Waals surface area contributed by atoms with E-state index in [-0.39, 0.29) is 0 Å². The Morgan fingerprint density at radius 2 is 2.56 bits per heavy atom. The minimum Gasteiger partial charge on any atom is -0.492 e. The molecule has 1 rings (SSSR count). The van der Waals surface area contributed by atoms with E-state index >= 15 is 0 Å². The second-order valence-electron chi connectivity index (χ2n) is 1.49. The van der Waals surface area contributed by atoms with Crippen LogP contribution in [-0.2, 0) is 0 Å². The normalized spacial score (nSPS) is 9.56. The van der Waals surface area contributed by atoms with Crippen molar-refractivity contribution in [3.8, 4) is 5.75 Å². The first kappa shape index (κ1) is 7.09. The number of hydrogen-bond donors (Lipinski definition) is 0. The molecule has 1 nitrogen and oxygen atoms in total. The lowest BCUT2D eigenvalue weighted by atomic mass is 10.6. The van der Waals surface area contributed by atoms with E-state index in [1.54, 1.807) is 11.3 Å². The smallest absolute Gasteiger partial charge is 0.144 e. The van der Waals surface area contributed by atoms with E-state index in [2.05, 4.69) is 15.9 Å². The lowest BCUT2D eigenvalue weighted by molar-refractivity contribution is 0.340. The Bertz CT molecular complexity index is 185. The van der Waals surface area contributed by atoms with Crippen LogP contribution in [0.2, 0.25) is 0 Å². The third-order valence-corrected chi connectivity index (χ3v) is 2.52. The van der Waals surface area contributed by atoms with Gasteiger partial charge >= 0.3 is 0 Å².